The molecular weight excluding hydrogens is 247 g/mol. The molecule has 1 aliphatic rings. The maximum Gasteiger partial charge on any atom is 0.490 e. The minimum absolute atomic E-state index is 0.218. The van der Waals surface area contributed by atoms with Crippen LogP contribution >= 0.6 is 0 Å². The molecule has 0 spiro atoms. The molecule has 1 fully saturated rings. The molecule has 2 nitrogen and oxygen atoms in total. The third-order valence-corrected chi connectivity index (χ3v) is 4.62. The maximum atomic E-state index is 6.21. The van der Waals surface area contributed by atoms with E-state index in [4.69, 9.17) is 9.31 Å². The molecule has 1 saturated heterocycles. The zero-order chi connectivity index (χ0) is 15.4. The van der Waals surface area contributed by atoms with Crippen molar-refractivity contribution in [2.45, 2.75) is 84.8 Å². The highest BCUT2D eigenvalue weighted by atomic mass is 16.7. The van der Waals surface area contributed by atoms with Gasteiger partial charge >= 0.3 is 7.12 Å². The summed E-state index contributed by atoms with van der Waals surface area (Å²) in [5, 5.41) is 0. The zero-order valence-electron chi connectivity index (χ0n) is 14.2. The summed E-state index contributed by atoms with van der Waals surface area (Å²) in [5.41, 5.74) is 2.22. The lowest BCUT2D eigenvalue weighted by molar-refractivity contribution is 0.00578. The average molecular weight is 278 g/mol. The van der Waals surface area contributed by atoms with Crippen molar-refractivity contribution in [1.82, 2.24) is 0 Å². The first kappa shape index (κ1) is 17.5. The van der Waals surface area contributed by atoms with E-state index in [2.05, 4.69) is 48.1 Å². The van der Waals surface area contributed by atoms with E-state index >= 15 is 0 Å². The van der Waals surface area contributed by atoms with Gasteiger partial charge < -0.3 is 9.31 Å². The topological polar surface area (TPSA) is 18.5 Å². The minimum atomic E-state index is -0.270. The SMILES string of the molecule is C=CC/C(B1OC(C)(C)C(C)(C)O1)=C(\CC)CCCC. The van der Waals surface area contributed by atoms with E-state index in [-0.39, 0.29) is 18.3 Å². The molecule has 0 aliphatic carbocycles. The first-order valence-electron chi connectivity index (χ1n) is 7.96. The summed E-state index contributed by atoms with van der Waals surface area (Å²) in [6.07, 6.45) is 7.46. The summed E-state index contributed by atoms with van der Waals surface area (Å²) in [6.45, 7) is 16.8. The van der Waals surface area contributed by atoms with Gasteiger partial charge in [0.2, 0.25) is 0 Å². The van der Waals surface area contributed by atoms with Gasteiger partial charge in [0.15, 0.2) is 0 Å². The van der Waals surface area contributed by atoms with Crippen LogP contribution in [-0.4, -0.2) is 18.3 Å². The molecule has 0 saturated carbocycles. The van der Waals surface area contributed by atoms with Gasteiger partial charge in [-0.2, -0.15) is 0 Å². The highest BCUT2D eigenvalue weighted by Crippen LogP contribution is 2.40. The van der Waals surface area contributed by atoms with E-state index in [1.807, 2.05) is 6.08 Å². The van der Waals surface area contributed by atoms with Gasteiger partial charge in [0.1, 0.15) is 0 Å². The molecule has 0 bridgehead atoms. The highest BCUT2D eigenvalue weighted by molar-refractivity contribution is 6.54. The van der Waals surface area contributed by atoms with Crippen LogP contribution in [0.3, 0.4) is 0 Å². The lowest BCUT2D eigenvalue weighted by atomic mass is 9.72. The van der Waals surface area contributed by atoms with Gasteiger partial charge in [-0.15, -0.1) is 6.58 Å². The second-order valence-electron chi connectivity index (χ2n) is 6.67. The normalized spacial score (nSPS) is 21.8. The molecule has 1 heterocycles. The van der Waals surface area contributed by atoms with Crippen molar-refractivity contribution in [1.29, 1.82) is 0 Å². The molecule has 1 aliphatic heterocycles. The molecule has 3 heteroatoms. The Morgan fingerprint density at radius 1 is 1.10 bits per heavy atom. The van der Waals surface area contributed by atoms with E-state index in [1.165, 1.54) is 23.9 Å². The Balaban J connectivity index is 3.02. The second kappa shape index (κ2) is 6.95. The number of hydrogen-bond donors (Lipinski definition) is 0. The zero-order valence-corrected chi connectivity index (χ0v) is 14.2. The Hall–Kier alpha value is -0.535. The van der Waals surface area contributed by atoms with Gasteiger partial charge in [-0.1, -0.05) is 31.9 Å². The molecule has 20 heavy (non-hydrogen) atoms. The van der Waals surface area contributed by atoms with E-state index in [1.54, 1.807) is 0 Å². The van der Waals surface area contributed by atoms with Gasteiger partial charge in [-0.25, -0.2) is 0 Å². The van der Waals surface area contributed by atoms with Crippen LogP contribution in [0.1, 0.15) is 73.6 Å². The van der Waals surface area contributed by atoms with Crippen molar-refractivity contribution in [2.75, 3.05) is 0 Å². The molecule has 114 valence electrons. The summed E-state index contributed by atoms with van der Waals surface area (Å²) >= 11 is 0. The lowest BCUT2D eigenvalue weighted by Crippen LogP contribution is -2.41. The number of allylic oxidation sites excluding steroid dienone is 3. The minimum Gasteiger partial charge on any atom is -0.400 e. The van der Waals surface area contributed by atoms with Crippen LogP contribution in [0, 0.1) is 0 Å². The van der Waals surface area contributed by atoms with E-state index in [9.17, 15) is 0 Å². The molecule has 1 rings (SSSR count). The van der Waals surface area contributed by atoms with Gasteiger partial charge in [0.05, 0.1) is 11.2 Å². The lowest BCUT2D eigenvalue weighted by Gasteiger charge is -2.32. The Bertz CT molecular complexity index is 353. The Morgan fingerprint density at radius 2 is 1.65 bits per heavy atom. The fourth-order valence-corrected chi connectivity index (χ4v) is 2.50. The first-order valence-corrected chi connectivity index (χ1v) is 7.96. The van der Waals surface area contributed by atoms with Crippen molar-refractivity contribution in [3.63, 3.8) is 0 Å². The quantitative estimate of drug-likeness (QED) is 0.477. The highest BCUT2D eigenvalue weighted by Gasteiger charge is 2.52. The fourth-order valence-electron chi connectivity index (χ4n) is 2.50. The van der Waals surface area contributed by atoms with Gasteiger partial charge in [0.25, 0.3) is 0 Å². The van der Waals surface area contributed by atoms with Crippen molar-refractivity contribution >= 4 is 7.12 Å². The molecule has 0 aromatic carbocycles. The van der Waals surface area contributed by atoms with Crippen LogP contribution in [0.25, 0.3) is 0 Å². The fraction of sp³-hybridized carbons (Fsp3) is 0.765. The standard InChI is InChI=1S/C17H31BO2/c1-8-11-13-14(10-3)15(12-9-2)18-19-16(4,5)17(6,7)20-18/h9H,2,8,10-13H2,1,3-7H3/b15-14-. The van der Waals surface area contributed by atoms with Crippen LogP contribution in [-0.2, 0) is 9.31 Å². The monoisotopic (exact) mass is 278 g/mol. The Kier molecular flexibility index (Phi) is 6.09. The Morgan fingerprint density at radius 3 is 2.05 bits per heavy atom. The smallest absolute Gasteiger partial charge is 0.400 e. The molecule has 0 amide bonds. The summed E-state index contributed by atoms with van der Waals surface area (Å²) in [7, 11) is -0.218. The van der Waals surface area contributed by atoms with Crippen LogP contribution in [0.2, 0.25) is 0 Å². The predicted octanol–water partition coefficient (Wildman–Crippen LogP) is 5.09. The van der Waals surface area contributed by atoms with Gasteiger partial charge in [-0.05, 0) is 58.9 Å². The van der Waals surface area contributed by atoms with Crippen LogP contribution in [0.15, 0.2) is 23.7 Å². The Labute approximate surface area is 125 Å². The summed E-state index contributed by atoms with van der Waals surface area (Å²) in [6, 6.07) is 0. The van der Waals surface area contributed by atoms with Crippen LogP contribution in [0.5, 0.6) is 0 Å². The average Bonchev–Trinajstić information content (AvgIpc) is 2.57. The van der Waals surface area contributed by atoms with E-state index in [0.29, 0.717) is 0 Å². The molecule has 0 atom stereocenters. The molecular formula is C17H31BO2. The van der Waals surface area contributed by atoms with Gasteiger partial charge in [0, 0.05) is 0 Å². The van der Waals surface area contributed by atoms with Crippen LogP contribution < -0.4 is 0 Å². The molecule has 0 N–H and O–H groups in total. The van der Waals surface area contributed by atoms with Crippen molar-refractivity contribution in [3.8, 4) is 0 Å². The molecule has 0 unspecified atom stereocenters. The second-order valence-corrected chi connectivity index (χ2v) is 6.67. The van der Waals surface area contributed by atoms with Gasteiger partial charge in [-0.3, -0.25) is 0 Å². The molecule has 0 aromatic rings. The van der Waals surface area contributed by atoms with Crippen molar-refractivity contribution in [2.24, 2.45) is 0 Å². The number of rotatable bonds is 7. The van der Waals surface area contributed by atoms with E-state index < -0.39 is 0 Å². The maximum absolute atomic E-state index is 6.21. The third-order valence-electron chi connectivity index (χ3n) is 4.62. The van der Waals surface area contributed by atoms with Crippen LogP contribution in [0.4, 0.5) is 0 Å². The van der Waals surface area contributed by atoms with E-state index in [0.717, 1.165) is 19.3 Å². The predicted molar refractivity (Wildman–Crippen MR) is 87.7 cm³/mol. The number of hydrogen-bond acceptors (Lipinski definition) is 2. The van der Waals surface area contributed by atoms with Crippen molar-refractivity contribution < 1.29 is 9.31 Å². The largest absolute Gasteiger partial charge is 0.490 e. The summed E-state index contributed by atoms with van der Waals surface area (Å²) < 4.78 is 12.4. The summed E-state index contributed by atoms with van der Waals surface area (Å²) in [5.74, 6) is 0. The number of unbranched alkanes of at least 4 members (excludes halogenated alkanes) is 1. The summed E-state index contributed by atoms with van der Waals surface area (Å²) in [4.78, 5) is 0. The first-order chi connectivity index (χ1) is 9.29. The molecule has 0 radical (unpaired) electrons. The van der Waals surface area contributed by atoms with Crippen molar-refractivity contribution in [3.05, 3.63) is 23.7 Å². The third kappa shape index (κ3) is 3.76. The molecule has 0 aromatic heterocycles.